The molecular formula is C12H21N3O2. The fraction of sp³-hybridized carbons (Fsp3) is 0.667. The molecule has 0 unspecified atom stereocenters. The maximum Gasteiger partial charge on any atom is 0.220 e. The van der Waals surface area contributed by atoms with Gasteiger partial charge in [0.2, 0.25) is 5.91 Å². The molecule has 0 aromatic carbocycles. The number of aliphatic hydroxyl groups excluding tert-OH is 1. The molecule has 0 bridgehead atoms. The van der Waals surface area contributed by atoms with Crippen molar-refractivity contribution < 1.29 is 9.90 Å². The number of nitrogens with one attached hydrogen (secondary N) is 1. The Morgan fingerprint density at radius 1 is 1.41 bits per heavy atom. The molecule has 0 fully saturated rings. The highest BCUT2D eigenvalue weighted by atomic mass is 16.2. The van der Waals surface area contributed by atoms with Crippen LogP contribution in [0.15, 0.2) is 0 Å². The lowest BCUT2D eigenvalue weighted by molar-refractivity contribution is -0.121. The van der Waals surface area contributed by atoms with Crippen LogP contribution < -0.4 is 5.32 Å². The molecule has 0 aliphatic heterocycles. The highest BCUT2D eigenvalue weighted by molar-refractivity contribution is 5.75. The number of aryl methyl sites for hydroxylation is 2. The summed E-state index contributed by atoms with van der Waals surface area (Å²) in [4.78, 5) is 11.5. The van der Waals surface area contributed by atoms with Crippen LogP contribution in [-0.2, 0) is 18.4 Å². The maximum absolute atomic E-state index is 11.5. The highest BCUT2D eigenvalue weighted by Gasteiger charge is 2.10. The lowest BCUT2D eigenvalue weighted by atomic mass is 10.2. The van der Waals surface area contributed by atoms with Crippen molar-refractivity contribution in [3.8, 4) is 0 Å². The first-order valence-electron chi connectivity index (χ1n) is 5.93. The number of aliphatic hydroxyl groups is 1. The van der Waals surface area contributed by atoms with Gasteiger partial charge in [-0.25, -0.2) is 0 Å². The van der Waals surface area contributed by atoms with Gasteiger partial charge in [0.1, 0.15) is 0 Å². The molecule has 96 valence electrons. The smallest absolute Gasteiger partial charge is 0.220 e. The molecule has 5 nitrogen and oxygen atoms in total. The number of carbonyl (C=O) groups is 1. The Morgan fingerprint density at radius 3 is 2.65 bits per heavy atom. The van der Waals surface area contributed by atoms with E-state index in [0.717, 1.165) is 23.4 Å². The molecule has 2 N–H and O–H groups in total. The molecule has 1 heterocycles. The second kappa shape index (κ2) is 6.39. The van der Waals surface area contributed by atoms with E-state index in [1.54, 1.807) is 0 Å². The van der Waals surface area contributed by atoms with Crippen LogP contribution >= 0.6 is 0 Å². The van der Waals surface area contributed by atoms with Gasteiger partial charge in [0.05, 0.1) is 5.69 Å². The Balaban J connectivity index is 2.42. The minimum Gasteiger partial charge on any atom is -0.396 e. The van der Waals surface area contributed by atoms with E-state index in [1.807, 2.05) is 25.6 Å². The largest absolute Gasteiger partial charge is 0.396 e. The molecule has 0 atom stereocenters. The van der Waals surface area contributed by atoms with Gasteiger partial charge < -0.3 is 10.4 Å². The van der Waals surface area contributed by atoms with Crippen LogP contribution in [0.25, 0.3) is 0 Å². The lowest BCUT2D eigenvalue weighted by Crippen LogP contribution is -2.23. The van der Waals surface area contributed by atoms with Crippen molar-refractivity contribution in [3.63, 3.8) is 0 Å². The summed E-state index contributed by atoms with van der Waals surface area (Å²) in [5.74, 6) is 0.0288. The van der Waals surface area contributed by atoms with Crippen LogP contribution in [0.4, 0.5) is 0 Å². The predicted octanol–water partition coefficient (Wildman–Crippen LogP) is 0.816. The summed E-state index contributed by atoms with van der Waals surface area (Å²) in [7, 11) is 1.90. The topological polar surface area (TPSA) is 67.2 Å². The number of nitrogens with zero attached hydrogens (tertiary/aromatic N) is 2. The molecule has 0 aliphatic carbocycles. The summed E-state index contributed by atoms with van der Waals surface area (Å²) in [6, 6.07) is 0. The SMILES string of the molecule is Cc1nn(C)c(C)c1CNC(=O)CCCCO. The fourth-order valence-corrected chi connectivity index (χ4v) is 1.75. The van der Waals surface area contributed by atoms with Gasteiger partial charge in [-0.3, -0.25) is 9.48 Å². The Kier molecular flexibility index (Phi) is 5.15. The van der Waals surface area contributed by atoms with Crippen LogP contribution in [0.5, 0.6) is 0 Å². The third-order valence-corrected chi connectivity index (χ3v) is 2.93. The van der Waals surface area contributed by atoms with Crippen molar-refractivity contribution in [2.75, 3.05) is 6.61 Å². The van der Waals surface area contributed by atoms with Crippen molar-refractivity contribution in [1.82, 2.24) is 15.1 Å². The standard InChI is InChI=1S/C12H21N3O2/c1-9-11(10(2)15(3)14-9)8-13-12(17)6-4-5-7-16/h16H,4-8H2,1-3H3,(H,13,17). The molecule has 0 radical (unpaired) electrons. The first kappa shape index (κ1) is 13.7. The third-order valence-electron chi connectivity index (χ3n) is 2.93. The monoisotopic (exact) mass is 239 g/mol. The zero-order chi connectivity index (χ0) is 12.8. The molecule has 0 saturated heterocycles. The van der Waals surface area contributed by atoms with Gasteiger partial charge in [-0.1, -0.05) is 0 Å². The van der Waals surface area contributed by atoms with Crippen molar-refractivity contribution in [2.24, 2.45) is 7.05 Å². The number of amides is 1. The summed E-state index contributed by atoms with van der Waals surface area (Å²) < 4.78 is 1.82. The molecule has 5 heteroatoms. The van der Waals surface area contributed by atoms with Crippen LogP contribution in [0.2, 0.25) is 0 Å². The zero-order valence-electron chi connectivity index (χ0n) is 10.8. The second-order valence-corrected chi connectivity index (χ2v) is 4.23. The van der Waals surface area contributed by atoms with Crippen molar-refractivity contribution in [2.45, 2.75) is 39.7 Å². The molecule has 1 rings (SSSR count). The molecule has 1 amide bonds. The predicted molar refractivity (Wildman–Crippen MR) is 65.5 cm³/mol. The van der Waals surface area contributed by atoms with E-state index < -0.39 is 0 Å². The Labute approximate surface area is 102 Å². The van der Waals surface area contributed by atoms with Gasteiger partial charge >= 0.3 is 0 Å². The molecule has 0 saturated carbocycles. The van der Waals surface area contributed by atoms with Crippen LogP contribution in [0.3, 0.4) is 0 Å². The van der Waals surface area contributed by atoms with Gasteiger partial charge in [-0.15, -0.1) is 0 Å². The van der Waals surface area contributed by atoms with Crippen LogP contribution in [-0.4, -0.2) is 27.4 Å². The van der Waals surface area contributed by atoms with Crippen molar-refractivity contribution in [3.05, 3.63) is 17.0 Å². The van der Waals surface area contributed by atoms with E-state index in [-0.39, 0.29) is 12.5 Å². The molecular weight excluding hydrogens is 218 g/mol. The first-order chi connectivity index (χ1) is 8.06. The zero-order valence-corrected chi connectivity index (χ0v) is 10.8. The van der Waals surface area contributed by atoms with E-state index >= 15 is 0 Å². The number of rotatable bonds is 6. The second-order valence-electron chi connectivity index (χ2n) is 4.23. The van der Waals surface area contributed by atoms with E-state index in [1.165, 1.54) is 0 Å². The lowest BCUT2D eigenvalue weighted by Gasteiger charge is -2.05. The van der Waals surface area contributed by atoms with Gasteiger partial charge in [-0.2, -0.15) is 5.10 Å². The van der Waals surface area contributed by atoms with Crippen molar-refractivity contribution in [1.29, 1.82) is 0 Å². The van der Waals surface area contributed by atoms with E-state index in [4.69, 9.17) is 5.11 Å². The minimum atomic E-state index is 0.0288. The van der Waals surface area contributed by atoms with Crippen LogP contribution in [0.1, 0.15) is 36.2 Å². The van der Waals surface area contributed by atoms with Gasteiger partial charge in [0.25, 0.3) is 0 Å². The molecule has 0 spiro atoms. The Morgan fingerprint density at radius 2 is 2.12 bits per heavy atom. The normalized spacial score (nSPS) is 10.6. The number of aromatic nitrogens is 2. The quantitative estimate of drug-likeness (QED) is 0.722. The van der Waals surface area contributed by atoms with Gasteiger partial charge in [0, 0.05) is 37.9 Å². The molecule has 0 aliphatic rings. The van der Waals surface area contributed by atoms with E-state index in [0.29, 0.717) is 19.4 Å². The van der Waals surface area contributed by atoms with Gasteiger partial charge in [0.15, 0.2) is 0 Å². The van der Waals surface area contributed by atoms with E-state index in [9.17, 15) is 4.79 Å². The van der Waals surface area contributed by atoms with Crippen LogP contribution in [0, 0.1) is 13.8 Å². The van der Waals surface area contributed by atoms with Crippen molar-refractivity contribution >= 4 is 5.91 Å². The summed E-state index contributed by atoms with van der Waals surface area (Å²) in [5.41, 5.74) is 3.13. The number of carbonyl (C=O) groups excluding carboxylic acids is 1. The van der Waals surface area contributed by atoms with Gasteiger partial charge in [-0.05, 0) is 26.7 Å². The third kappa shape index (κ3) is 3.85. The number of hydrogen-bond acceptors (Lipinski definition) is 3. The molecule has 1 aromatic heterocycles. The Hall–Kier alpha value is -1.36. The first-order valence-corrected chi connectivity index (χ1v) is 5.93. The average molecular weight is 239 g/mol. The summed E-state index contributed by atoms with van der Waals surface area (Å²) in [5, 5.41) is 15.8. The number of hydrogen-bond donors (Lipinski definition) is 2. The Bertz CT molecular complexity index is 385. The number of unbranched alkanes of at least 4 members (excludes halogenated alkanes) is 1. The maximum atomic E-state index is 11.5. The minimum absolute atomic E-state index is 0.0288. The summed E-state index contributed by atoms with van der Waals surface area (Å²) in [6.07, 6.45) is 1.88. The van der Waals surface area contributed by atoms with E-state index in [2.05, 4.69) is 10.4 Å². The molecule has 1 aromatic rings. The summed E-state index contributed by atoms with van der Waals surface area (Å²) >= 11 is 0. The summed E-state index contributed by atoms with van der Waals surface area (Å²) in [6.45, 7) is 4.62. The highest BCUT2D eigenvalue weighted by Crippen LogP contribution is 2.11. The molecule has 17 heavy (non-hydrogen) atoms. The average Bonchev–Trinajstić information content (AvgIpc) is 2.51. The fourth-order valence-electron chi connectivity index (χ4n) is 1.75.